The Labute approximate surface area is 126 Å². The number of aliphatic hydroxyl groups is 1. The summed E-state index contributed by atoms with van der Waals surface area (Å²) in [6.45, 7) is 3.06. The van der Waals surface area contributed by atoms with Crippen LogP contribution in [0.2, 0.25) is 0 Å². The maximum absolute atomic E-state index is 10.2. The Morgan fingerprint density at radius 1 is 1.10 bits per heavy atom. The van der Waals surface area contributed by atoms with Gasteiger partial charge in [0.15, 0.2) is 6.29 Å². The van der Waals surface area contributed by atoms with E-state index in [1.54, 1.807) is 0 Å². The molecule has 1 aromatic carbocycles. The van der Waals surface area contributed by atoms with Crippen LogP contribution in [-0.4, -0.2) is 48.1 Å². The smallest absolute Gasteiger partial charge is 0.200 e. The second kappa shape index (κ2) is 7.25. The van der Waals surface area contributed by atoms with Crippen LogP contribution in [0.25, 0.3) is 0 Å². The first-order valence-corrected chi connectivity index (χ1v) is 8.09. The van der Waals surface area contributed by atoms with Gasteiger partial charge in [-0.3, -0.25) is 0 Å². The number of rotatable bonds is 4. The van der Waals surface area contributed by atoms with E-state index in [2.05, 4.69) is 4.90 Å². The molecule has 2 aliphatic heterocycles. The standard InChI is InChI=1S/C17H25NO3/c19-15-9-10-17(20-14-7-3-1-4-8-14)21-16(15)13-18-11-5-2-6-12-18/h1,3-4,7-8,15-17,19H,2,5-6,9-13H2/t15-,16+,17-/m0/s1. The van der Waals surface area contributed by atoms with E-state index in [4.69, 9.17) is 9.47 Å². The van der Waals surface area contributed by atoms with E-state index in [0.717, 1.165) is 38.2 Å². The van der Waals surface area contributed by atoms with Gasteiger partial charge in [-0.25, -0.2) is 0 Å². The van der Waals surface area contributed by atoms with E-state index >= 15 is 0 Å². The molecule has 2 fully saturated rings. The maximum Gasteiger partial charge on any atom is 0.200 e. The predicted octanol–water partition coefficient (Wildman–Crippen LogP) is 2.42. The molecule has 0 spiro atoms. The highest BCUT2D eigenvalue weighted by Crippen LogP contribution is 2.24. The molecule has 2 aliphatic rings. The lowest BCUT2D eigenvalue weighted by atomic mass is 10.0. The Balaban J connectivity index is 1.54. The van der Waals surface area contributed by atoms with Gasteiger partial charge in [-0.05, 0) is 44.5 Å². The first-order chi connectivity index (χ1) is 10.3. The lowest BCUT2D eigenvalue weighted by Crippen LogP contribution is -2.48. The van der Waals surface area contributed by atoms with Gasteiger partial charge in [0.1, 0.15) is 11.9 Å². The summed E-state index contributed by atoms with van der Waals surface area (Å²) in [7, 11) is 0. The first-order valence-electron chi connectivity index (χ1n) is 8.09. The summed E-state index contributed by atoms with van der Waals surface area (Å²) in [6.07, 6.45) is 4.57. The number of benzene rings is 1. The van der Waals surface area contributed by atoms with Gasteiger partial charge >= 0.3 is 0 Å². The first kappa shape index (κ1) is 14.8. The normalized spacial score (nSPS) is 31.0. The van der Waals surface area contributed by atoms with Crippen molar-refractivity contribution >= 4 is 0 Å². The second-order valence-corrected chi connectivity index (χ2v) is 6.04. The van der Waals surface area contributed by atoms with Crippen molar-refractivity contribution in [2.24, 2.45) is 0 Å². The van der Waals surface area contributed by atoms with Gasteiger partial charge < -0.3 is 19.5 Å². The van der Waals surface area contributed by atoms with E-state index in [1.807, 2.05) is 30.3 Å². The Bertz CT molecular complexity index is 419. The maximum atomic E-state index is 10.2. The van der Waals surface area contributed by atoms with Crippen LogP contribution in [0.15, 0.2) is 30.3 Å². The zero-order valence-corrected chi connectivity index (χ0v) is 12.5. The molecule has 0 unspecified atom stereocenters. The monoisotopic (exact) mass is 291 g/mol. The molecule has 0 amide bonds. The highest BCUT2D eigenvalue weighted by Gasteiger charge is 2.32. The minimum absolute atomic E-state index is 0.134. The fourth-order valence-electron chi connectivity index (χ4n) is 3.15. The van der Waals surface area contributed by atoms with Crippen molar-refractivity contribution < 1.29 is 14.6 Å². The highest BCUT2D eigenvalue weighted by atomic mass is 16.7. The van der Waals surface area contributed by atoms with Gasteiger partial charge in [0.25, 0.3) is 0 Å². The van der Waals surface area contributed by atoms with Crippen molar-refractivity contribution in [2.75, 3.05) is 19.6 Å². The SMILES string of the molecule is O[C@H]1CC[C@@H](Oc2ccccc2)O[C@@H]1CN1CCCCC1. The van der Waals surface area contributed by atoms with Gasteiger partial charge in [-0.15, -0.1) is 0 Å². The van der Waals surface area contributed by atoms with Crippen molar-refractivity contribution in [3.05, 3.63) is 30.3 Å². The summed E-state index contributed by atoms with van der Waals surface area (Å²) in [5, 5.41) is 10.2. The number of hydrogen-bond acceptors (Lipinski definition) is 4. The van der Waals surface area contributed by atoms with Crippen LogP contribution in [0.1, 0.15) is 32.1 Å². The van der Waals surface area contributed by atoms with Crippen LogP contribution in [0.3, 0.4) is 0 Å². The summed E-state index contributed by atoms with van der Waals surface area (Å²) in [6, 6.07) is 9.76. The Kier molecular flexibility index (Phi) is 5.12. The average Bonchev–Trinajstić information content (AvgIpc) is 2.53. The minimum Gasteiger partial charge on any atom is -0.465 e. The van der Waals surface area contributed by atoms with E-state index < -0.39 is 0 Å². The lowest BCUT2D eigenvalue weighted by Gasteiger charge is -2.37. The minimum atomic E-state index is -0.373. The molecular weight excluding hydrogens is 266 g/mol. The molecule has 116 valence electrons. The third kappa shape index (κ3) is 4.19. The Hall–Kier alpha value is -1.10. The zero-order valence-electron chi connectivity index (χ0n) is 12.5. The van der Waals surface area contributed by atoms with Gasteiger partial charge in [0.2, 0.25) is 0 Å². The molecule has 2 heterocycles. The third-order valence-electron chi connectivity index (χ3n) is 4.35. The molecule has 0 radical (unpaired) electrons. The van der Waals surface area contributed by atoms with Crippen molar-refractivity contribution in [1.29, 1.82) is 0 Å². The number of ether oxygens (including phenoxy) is 2. The molecule has 3 atom stereocenters. The number of hydrogen-bond donors (Lipinski definition) is 1. The number of para-hydroxylation sites is 1. The van der Waals surface area contributed by atoms with Gasteiger partial charge in [-0.2, -0.15) is 0 Å². The van der Waals surface area contributed by atoms with Gasteiger partial charge in [-0.1, -0.05) is 24.6 Å². The molecule has 0 bridgehead atoms. The molecule has 4 nitrogen and oxygen atoms in total. The molecular formula is C17H25NO3. The molecule has 0 aliphatic carbocycles. The number of piperidine rings is 1. The topological polar surface area (TPSA) is 41.9 Å². The molecule has 0 aromatic heterocycles. The van der Waals surface area contributed by atoms with Crippen LogP contribution in [0, 0.1) is 0 Å². The van der Waals surface area contributed by atoms with Crippen molar-refractivity contribution in [3.63, 3.8) is 0 Å². The fourth-order valence-corrected chi connectivity index (χ4v) is 3.15. The van der Waals surface area contributed by atoms with Crippen LogP contribution in [0.5, 0.6) is 5.75 Å². The van der Waals surface area contributed by atoms with Crippen molar-refractivity contribution in [3.8, 4) is 5.75 Å². The molecule has 1 N–H and O–H groups in total. The van der Waals surface area contributed by atoms with Gasteiger partial charge in [0, 0.05) is 13.0 Å². The van der Waals surface area contributed by atoms with E-state index in [1.165, 1.54) is 19.3 Å². The summed E-state index contributed by atoms with van der Waals surface area (Å²) < 4.78 is 11.9. The van der Waals surface area contributed by atoms with Crippen LogP contribution in [0.4, 0.5) is 0 Å². The third-order valence-corrected chi connectivity index (χ3v) is 4.35. The summed E-state index contributed by atoms with van der Waals surface area (Å²) in [4.78, 5) is 2.41. The molecule has 1 aromatic rings. The van der Waals surface area contributed by atoms with Crippen LogP contribution < -0.4 is 4.74 Å². The van der Waals surface area contributed by atoms with Crippen molar-refractivity contribution in [1.82, 2.24) is 4.90 Å². The zero-order chi connectivity index (χ0) is 14.5. The number of nitrogens with zero attached hydrogens (tertiary/aromatic N) is 1. The summed E-state index contributed by atoms with van der Waals surface area (Å²) in [5.74, 6) is 0.829. The molecule has 3 rings (SSSR count). The van der Waals surface area contributed by atoms with Crippen LogP contribution >= 0.6 is 0 Å². The van der Waals surface area contributed by atoms with Crippen LogP contribution in [-0.2, 0) is 4.74 Å². The average molecular weight is 291 g/mol. The van der Waals surface area contributed by atoms with Gasteiger partial charge in [0.05, 0.1) is 6.10 Å². The predicted molar refractivity (Wildman–Crippen MR) is 81.3 cm³/mol. The molecule has 2 saturated heterocycles. The number of aliphatic hydroxyl groups excluding tert-OH is 1. The largest absolute Gasteiger partial charge is 0.465 e. The van der Waals surface area contributed by atoms with E-state index in [9.17, 15) is 5.11 Å². The molecule has 0 saturated carbocycles. The summed E-state index contributed by atoms with van der Waals surface area (Å²) >= 11 is 0. The quantitative estimate of drug-likeness (QED) is 0.925. The second-order valence-electron chi connectivity index (χ2n) is 6.04. The molecule has 21 heavy (non-hydrogen) atoms. The summed E-state index contributed by atoms with van der Waals surface area (Å²) in [5.41, 5.74) is 0. The fraction of sp³-hybridized carbons (Fsp3) is 0.647. The Morgan fingerprint density at radius 3 is 2.62 bits per heavy atom. The number of likely N-dealkylation sites (tertiary alicyclic amines) is 1. The molecule has 4 heteroatoms. The van der Waals surface area contributed by atoms with Crippen molar-refractivity contribution in [2.45, 2.75) is 50.6 Å². The lowest BCUT2D eigenvalue weighted by molar-refractivity contribution is -0.191. The van der Waals surface area contributed by atoms with E-state index in [-0.39, 0.29) is 18.5 Å². The Morgan fingerprint density at radius 2 is 1.86 bits per heavy atom. The highest BCUT2D eigenvalue weighted by molar-refractivity contribution is 5.21. The van der Waals surface area contributed by atoms with E-state index in [0.29, 0.717) is 0 Å².